The van der Waals surface area contributed by atoms with Gasteiger partial charge in [0.2, 0.25) is 0 Å². The van der Waals surface area contributed by atoms with Gasteiger partial charge in [-0.3, -0.25) is 0 Å². The Morgan fingerprint density at radius 3 is 2.31 bits per heavy atom. The zero-order valence-corrected chi connectivity index (χ0v) is 9.53. The molecule has 0 bridgehead atoms. The molecule has 1 nitrogen and oxygen atoms in total. The first-order valence-electron chi connectivity index (χ1n) is 5.92. The molecule has 1 rings (SSSR count). The minimum Gasteiger partial charge on any atom is -0.314 e. The Morgan fingerprint density at radius 1 is 1.23 bits per heavy atom. The van der Waals surface area contributed by atoms with Crippen molar-refractivity contribution < 1.29 is 0 Å². The molecule has 0 saturated heterocycles. The maximum atomic E-state index is 3.61. The normalized spacial score (nSPS) is 21.2. The first-order chi connectivity index (χ1) is 6.18. The van der Waals surface area contributed by atoms with E-state index in [1.54, 1.807) is 0 Å². The lowest BCUT2D eigenvalue weighted by molar-refractivity contribution is 0.247. The molecule has 0 unspecified atom stereocenters. The molecule has 1 aliphatic rings. The molecule has 0 aromatic heterocycles. The fourth-order valence-corrected chi connectivity index (χ4v) is 2.59. The lowest BCUT2D eigenvalue weighted by Crippen LogP contribution is -2.35. The van der Waals surface area contributed by atoms with Gasteiger partial charge in [0.1, 0.15) is 0 Å². The maximum absolute atomic E-state index is 3.61. The molecule has 1 fully saturated rings. The second-order valence-corrected chi connectivity index (χ2v) is 4.99. The van der Waals surface area contributed by atoms with Crippen LogP contribution in [0.1, 0.15) is 59.3 Å². The molecule has 0 heterocycles. The van der Waals surface area contributed by atoms with Crippen LogP contribution < -0.4 is 5.32 Å². The van der Waals surface area contributed by atoms with Crippen LogP contribution in [-0.2, 0) is 0 Å². The lowest BCUT2D eigenvalue weighted by atomic mass is 9.81. The zero-order chi connectivity index (χ0) is 9.73. The Labute approximate surface area is 83.3 Å². The molecule has 0 atom stereocenters. The van der Waals surface area contributed by atoms with E-state index in [1.807, 2.05) is 0 Å². The van der Waals surface area contributed by atoms with Gasteiger partial charge in [0.05, 0.1) is 0 Å². The SMILES string of the molecule is CCCC1(CNC(C)C)CCCC1. The summed E-state index contributed by atoms with van der Waals surface area (Å²) in [5.41, 5.74) is 0.666. The number of hydrogen-bond donors (Lipinski definition) is 1. The summed E-state index contributed by atoms with van der Waals surface area (Å²) in [6.07, 6.45) is 8.60. The van der Waals surface area contributed by atoms with Crippen molar-refractivity contribution in [3.63, 3.8) is 0 Å². The summed E-state index contributed by atoms with van der Waals surface area (Å²) >= 11 is 0. The van der Waals surface area contributed by atoms with Crippen LogP contribution in [0.2, 0.25) is 0 Å². The van der Waals surface area contributed by atoms with E-state index in [4.69, 9.17) is 0 Å². The highest BCUT2D eigenvalue weighted by Gasteiger charge is 2.32. The molecule has 13 heavy (non-hydrogen) atoms. The molecule has 0 aliphatic heterocycles. The molecule has 1 aliphatic carbocycles. The zero-order valence-electron chi connectivity index (χ0n) is 9.53. The van der Waals surface area contributed by atoms with Crippen LogP contribution in [0.25, 0.3) is 0 Å². The molecular formula is C12H25N. The van der Waals surface area contributed by atoms with Crippen molar-refractivity contribution in [2.24, 2.45) is 5.41 Å². The third kappa shape index (κ3) is 3.30. The fraction of sp³-hybridized carbons (Fsp3) is 1.00. The minimum absolute atomic E-state index is 0.648. The van der Waals surface area contributed by atoms with Crippen LogP contribution in [0.5, 0.6) is 0 Å². The summed E-state index contributed by atoms with van der Waals surface area (Å²) in [4.78, 5) is 0. The van der Waals surface area contributed by atoms with Gasteiger partial charge in [-0.15, -0.1) is 0 Å². The molecule has 1 heteroatoms. The second kappa shape index (κ2) is 4.99. The quantitative estimate of drug-likeness (QED) is 0.689. The highest BCUT2D eigenvalue weighted by Crippen LogP contribution is 2.41. The van der Waals surface area contributed by atoms with Crippen LogP contribution in [-0.4, -0.2) is 12.6 Å². The average molecular weight is 183 g/mol. The standard InChI is InChI=1S/C12H25N/c1-4-7-12(8-5-6-9-12)10-13-11(2)3/h11,13H,4-10H2,1-3H3. The van der Waals surface area contributed by atoms with Crippen LogP contribution in [0, 0.1) is 5.41 Å². The molecule has 0 spiro atoms. The van der Waals surface area contributed by atoms with Gasteiger partial charge in [-0.25, -0.2) is 0 Å². The molecule has 0 aromatic rings. The lowest BCUT2D eigenvalue weighted by Gasteiger charge is -2.30. The second-order valence-electron chi connectivity index (χ2n) is 4.99. The van der Waals surface area contributed by atoms with Gasteiger partial charge in [-0.1, -0.05) is 40.0 Å². The monoisotopic (exact) mass is 183 g/mol. The largest absolute Gasteiger partial charge is 0.314 e. The van der Waals surface area contributed by atoms with Crippen molar-refractivity contribution in [1.82, 2.24) is 5.32 Å². The Bertz CT molecular complexity index is 134. The van der Waals surface area contributed by atoms with Crippen LogP contribution in [0.4, 0.5) is 0 Å². The molecular weight excluding hydrogens is 158 g/mol. The molecule has 0 radical (unpaired) electrons. The minimum atomic E-state index is 0.648. The van der Waals surface area contributed by atoms with E-state index in [1.165, 1.54) is 45.1 Å². The smallest absolute Gasteiger partial charge is 0.00106 e. The van der Waals surface area contributed by atoms with Crippen molar-refractivity contribution in [2.45, 2.75) is 65.3 Å². The third-order valence-corrected chi connectivity index (χ3v) is 3.33. The van der Waals surface area contributed by atoms with E-state index < -0.39 is 0 Å². The van der Waals surface area contributed by atoms with E-state index in [9.17, 15) is 0 Å². The van der Waals surface area contributed by atoms with Gasteiger partial charge in [0.25, 0.3) is 0 Å². The Morgan fingerprint density at radius 2 is 1.85 bits per heavy atom. The highest BCUT2D eigenvalue weighted by molar-refractivity contribution is 4.86. The Hall–Kier alpha value is -0.0400. The first-order valence-corrected chi connectivity index (χ1v) is 5.92. The summed E-state index contributed by atoms with van der Waals surface area (Å²) in [5, 5.41) is 3.61. The average Bonchev–Trinajstić information content (AvgIpc) is 2.51. The highest BCUT2D eigenvalue weighted by atomic mass is 14.9. The van der Waals surface area contributed by atoms with Gasteiger partial charge in [-0.05, 0) is 24.7 Å². The summed E-state index contributed by atoms with van der Waals surface area (Å²) in [6.45, 7) is 8.05. The van der Waals surface area contributed by atoms with Gasteiger partial charge >= 0.3 is 0 Å². The fourth-order valence-electron chi connectivity index (χ4n) is 2.59. The predicted molar refractivity (Wildman–Crippen MR) is 58.9 cm³/mol. The summed E-state index contributed by atoms with van der Waals surface area (Å²) < 4.78 is 0. The van der Waals surface area contributed by atoms with Gasteiger partial charge in [0.15, 0.2) is 0 Å². The first kappa shape index (κ1) is 11.0. The molecule has 1 N–H and O–H groups in total. The molecule has 1 saturated carbocycles. The Kier molecular flexibility index (Phi) is 4.24. The summed E-state index contributed by atoms with van der Waals surface area (Å²) in [5.74, 6) is 0. The third-order valence-electron chi connectivity index (χ3n) is 3.33. The van der Waals surface area contributed by atoms with E-state index >= 15 is 0 Å². The molecule has 78 valence electrons. The van der Waals surface area contributed by atoms with E-state index in [2.05, 4.69) is 26.1 Å². The van der Waals surface area contributed by atoms with Gasteiger partial charge < -0.3 is 5.32 Å². The number of rotatable bonds is 5. The number of hydrogen-bond acceptors (Lipinski definition) is 1. The van der Waals surface area contributed by atoms with E-state index in [0.717, 1.165) is 0 Å². The molecule has 0 amide bonds. The van der Waals surface area contributed by atoms with Crippen molar-refractivity contribution in [3.05, 3.63) is 0 Å². The van der Waals surface area contributed by atoms with Gasteiger partial charge in [-0.2, -0.15) is 0 Å². The van der Waals surface area contributed by atoms with Crippen molar-refractivity contribution in [2.75, 3.05) is 6.54 Å². The van der Waals surface area contributed by atoms with Crippen LogP contribution in [0.3, 0.4) is 0 Å². The summed E-state index contributed by atoms with van der Waals surface area (Å²) in [7, 11) is 0. The van der Waals surface area contributed by atoms with E-state index in [0.29, 0.717) is 11.5 Å². The summed E-state index contributed by atoms with van der Waals surface area (Å²) in [6, 6.07) is 0.648. The van der Waals surface area contributed by atoms with Gasteiger partial charge in [0, 0.05) is 12.6 Å². The van der Waals surface area contributed by atoms with Crippen molar-refractivity contribution >= 4 is 0 Å². The van der Waals surface area contributed by atoms with Crippen LogP contribution in [0.15, 0.2) is 0 Å². The van der Waals surface area contributed by atoms with E-state index in [-0.39, 0.29) is 0 Å². The molecule has 0 aromatic carbocycles. The predicted octanol–water partition coefficient (Wildman–Crippen LogP) is 3.34. The topological polar surface area (TPSA) is 12.0 Å². The maximum Gasteiger partial charge on any atom is 0.00106 e. The van der Waals surface area contributed by atoms with Crippen LogP contribution >= 0.6 is 0 Å². The van der Waals surface area contributed by atoms with Crippen molar-refractivity contribution in [1.29, 1.82) is 0 Å². The number of nitrogens with one attached hydrogen (secondary N) is 1. The van der Waals surface area contributed by atoms with Crippen molar-refractivity contribution in [3.8, 4) is 0 Å². The Balaban J connectivity index is 2.37.